The first-order chi connectivity index (χ1) is 22.1. The number of aryl methyl sites for hydroxylation is 1. The van der Waals surface area contributed by atoms with E-state index < -0.39 is 28.5 Å². The lowest BCUT2D eigenvalue weighted by Crippen LogP contribution is -2.54. The molecule has 0 heterocycles. The molecule has 1 aliphatic rings. The van der Waals surface area contributed by atoms with E-state index in [1.165, 1.54) is 35.2 Å². The summed E-state index contributed by atoms with van der Waals surface area (Å²) in [7, 11) is -4.26. The van der Waals surface area contributed by atoms with Crippen LogP contribution in [0.2, 0.25) is 10.0 Å². The molecule has 5 rings (SSSR count). The van der Waals surface area contributed by atoms with Crippen molar-refractivity contribution in [2.24, 2.45) is 0 Å². The first kappa shape index (κ1) is 33.5. The molecule has 0 saturated heterocycles. The predicted molar refractivity (Wildman–Crippen MR) is 183 cm³/mol. The fourth-order valence-corrected chi connectivity index (χ4v) is 7.74. The number of amides is 2. The SMILES string of the molecule is Cc1ccc(CN(C(=O)CN(c2ccc(Cl)cc2Cl)S(=O)(=O)c2ccccc2)[C@@H](Cc2ccccc2)C(=O)NC2CCCC2)cc1. The molecule has 0 radical (unpaired) electrons. The number of rotatable bonds is 12. The molecule has 2 amide bonds. The summed E-state index contributed by atoms with van der Waals surface area (Å²) in [6.45, 7) is 1.48. The van der Waals surface area contributed by atoms with E-state index in [1.54, 1.807) is 18.2 Å². The number of sulfonamides is 1. The topological polar surface area (TPSA) is 86.8 Å². The Morgan fingerprint density at radius 1 is 0.848 bits per heavy atom. The molecule has 1 aliphatic carbocycles. The molecule has 1 atom stereocenters. The quantitative estimate of drug-likeness (QED) is 0.172. The van der Waals surface area contributed by atoms with E-state index in [2.05, 4.69) is 5.32 Å². The van der Waals surface area contributed by atoms with Crippen molar-refractivity contribution < 1.29 is 18.0 Å². The van der Waals surface area contributed by atoms with Gasteiger partial charge in [0.1, 0.15) is 12.6 Å². The summed E-state index contributed by atoms with van der Waals surface area (Å²) in [6.07, 6.45) is 4.09. The van der Waals surface area contributed by atoms with E-state index in [1.807, 2.05) is 61.5 Å². The van der Waals surface area contributed by atoms with Crippen molar-refractivity contribution in [1.82, 2.24) is 10.2 Å². The molecule has 0 unspecified atom stereocenters. The maximum atomic E-state index is 14.6. The second-order valence-corrected chi connectivity index (χ2v) is 14.3. The van der Waals surface area contributed by atoms with Crippen LogP contribution in [0.15, 0.2) is 108 Å². The third-order valence-electron chi connectivity index (χ3n) is 8.23. The Hall–Kier alpha value is -3.85. The van der Waals surface area contributed by atoms with Crippen LogP contribution in [-0.4, -0.2) is 43.8 Å². The third kappa shape index (κ3) is 8.29. The summed E-state index contributed by atoms with van der Waals surface area (Å²) in [5.41, 5.74) is 2.85. The minimum atomic E-state index is -4.26. The van der Waals surface area contributed by atoms with Crippen LogP contribution in [0.5, 0.6) is 0 Å². The molecule has 0 bridgehead atoms. The van der Waals surface area contributed by atoms with Crippen molar-refractivity contribution in [3.05, 3.63) is 130 Å². The highest BCUT2D eigenvalue weighted by atomic mass is 35.5. The normalized spacial score (nSPS) is 14.1. The maximum Gasteiger partial charge on any atom is 0.264 e. The first-order valence-corrected chi connectivity index (χ1v) is 17.5. The fourth-order valence-electron chi connectivity index (χ4n) is 5.73. The Balaban J connectivity index is 1.57. The van der Waals surface area contributed by atoms with Gasteiger partial charge in [-0.3, -0.25) is 13.9 Å². The van der Waals surface area contributed by atoms with E-state index in [9.17, 15) is 18.0 Å². The lowest BCUT2D eigenvalue weighted by molar-refractivity contribution is -0.140. The van der Waals surface area contributed by atoms with E-state index in [4.69, 9.17) is 23.2 Å². The third-order valence-corrected chi connectivity index (χ3v) is 10.5. The molecular weight excluding hydrogens is 641 g/mol. The predicted octanol–water partition coefficient (Wildman–Crippen LogP) is 7.20. The molecule has 0 aromatic heterocycles. The van der Waals surface area contributed by atoms with Gasteiger partial charge in [0, 0.05) is 24.0 Å². The molecule has 240 valence electrons. The van der Waals surface area contributed by atoms with Crippen LogP contribution in [0, 0.1) is 6.92 Å². The van der Waals surface area contributed by atoms with E-state index >= 15 is 0 Å². The summed E-state index contributed by atoms with van der Waals surface area (Å²) in [6, 6.07) is 28.7. The van der Waals surface area contributed by atoms with Gasteiger partial charge in [-0.25, -0.2) is 8.42 Å². The number of halogens is 2. The molecule has 46 heavy (non-hydrogen) atoms. The van der Waals surface area contributed by atoms with Gasteiger partial charge in [-0.2, -0.15) is 0 Å². The van der Waals surface area contributed by atoms with Crippen LogP contribution in [0.4, 0.5) is 5.69 Å². The minimum Gasteiger partial charge on any atom is -0.352 e. The van der Waals surface area contributed by atoms with Crippen LogP contribution in [0.3, 0.4) is 0 Å². The lowest BCUT2D eigenvalue weighted by Gasteiger charge is -2.34. The first-order valence-electron chi connectivity index (χ1n) is 15.3. The highest BCUT2D eigenvalue weighted by Gasteiger charge is 2.36. The second-order valence-electron chi connectivity index (χ2n) is 11.6. The van der Waals surface area contributed by atoms with Gasteiger partial charge in [-0.1, -0.05) is 114 Å². The van der Waals surface area contributed by atoms with Crippen molar-refractivity contribution >= 4 is 50.7 Å². The summed E-state index contributed by atoms with van der Waals surface area (Å²) < 4.78 is 29.3. The van der Waals surface area contributed by atoms with Crippen molar-refractivity contribution in [2.75, 3.05) is 10.8 Å². The monoisotopic (exact) mass is 677 g/mol. The number of anilines is 1. The molecule has 1 fully saturated rings. The average Bonchev–Trinajstić information content (AvgIpc) is 3.56. The van der Waals surface area contributed by atoms with Crippen LogP contribution < -0.4 is 9.62 Å². The largest absolute Gasteiger partial charge is 0.352 e. The molecule has 7 nitrogen and oxygen atoms in total. The van der Waals surface area contributed by atoms with Crippen molar-refractivity contribution in [3.8, 4) is 0 Å². The van der Waals surface area contributed by atoms with E-state index in [-0.39, 0.29) is 40.5 Å². The number of carbonyl (C=O) groups is 2. The van der Waals surface area contributed by atoms with Crippen LogP contribution in [0.1, 0.15) is 42.4 Å². The summed E-state index contributed by atoms with van der Waals surface area (Å²) in [5, 5.41) is 3.58. The minimum absolute atomic E-state index is 0.00119. The molecule has 4 aromatic carbocycles. The molecule has 10 heteroatoms. The molecule has 4 aromatic rings. The summed E-state index contributed by atoms with van der Waals surface area (Å²) in [4.78, 5) is 30.2. The Morgan fingerprint density at radius 2 is 1.48 bits per heavy atom. The fraction of sp³-hybridized carbons (Fsp3) is 0.278. The molecule has 1 saturated carbocycles. The van der Waals surface area contributed by atoms with Gasteiger partial charge in [-0.05, 0) is 61.2 Å². The smallest absolute Gasteiger partial charge is 0.264 e. The zero-order valence-corrected chi connectivity index (χ0v) is 27.9. The van der Waals surface area contributed by atoms with Gasteiger partial charge in [0.25, 0.3) is 10.0 Å². The van der Waals surface area contributed by atoms with Gasteiger partial charge >= 0.3 is 0 Å². The second kappa shape index (κ2) is 15.2. The van der Waals surface area contributed by atoms with Gasteiger partial charge in [0.15, 0.2) is 0 Å². The summed E-state index contributed by atoms with van der Waals surface area (Å²) in [5.74, 6) is -0.813. The molecular formula is C36H37Cl2N3O4S. The number of benzene rings is 4. The molecule has 1 N–H and O–H groups in total. The van der Waals surface area contributed by atoms with Crippen LogP contribution in [0.25, 0.3) is 0 Å². The Morgan fingerprint density at radius 3 is 2.11 bits per heavy atom. The van der Waals surface area contributed by atoms with E-state index in [0.29, 0.717) is 5.02 Å². The van der Waals surface area contributed by atoms with Crippen LogP contribution >= 0.6 is 23.2 Å². The maximum absolute atomic E-state index is 14.6. The van der Waals surface area contributed by atoms with Crippen LogP contribution in [-0.2, 0) is 32.6 Å². The number of carbonyl (C=O) groups excluding carboxylic acids is 2. The number of hydrogen-bond donors (Lipinski definition) is 1. The lowest BCUT2D eigenvalue weighted by atomic mass is 10.0. The standard InChI is InChI=1S/C36H37Cl2N3O4S/c1-26-16-18-28(19-17-26)24-40(34(22-27-10-4-2-5-11-27)36(43)39-30-12-8-9-13-30)35(42)25-41(33-21-20-29(37)23-32(33)38)46(44,45)31-14-6-3-7-15-31/h2-7,10-11,14-21,23,30,34H,8-9,12-13,22,24-25H2,1H3,(H,39,43)/t34-/m0/s1. The van der Waals surface area contributed by atoms with Crippen molar-refractivity contribution in [1.29, 1.82) is 0 Å². The Bertz CT molecular complexity index is 1750. The van der Waals surface area contributed by atoms with Crippen molar-refractivity contribution in [2.45, 2.75) is 62.6 Å². The zero-order chi connectivity index (χ0) is 32.7. The Labute approximate surface area is 281 Å². The van der Waals surface area contributed by atoms with E-state index in [0.717, 1.165) is 46.7 Å². The zero-order valence-electron chi connectivity index (χ0n) is 25.6. The van der Waals surface area contributed by atoms with Gasteiger partial charge in [0.05, 0.1) is 15.6 Å². The Kier molecular flexibility index (Phi) is 11.0. The van der Waals surface area contributed by atoms with Gasteiger partial charge in [0.2, 0.25) is 11.8 Å². The number of nitrogens with zero attached hydrogens (tertiary/aromatic N) is 2. The average molecular weight is 679 g/mol. The summed E-state index contributed by atoms with van der Waals surface area (Å²) >= 11 is 12.7. The number of hydrogen-bond acceptors (Lipinski definition) is 4. The molecule has 0 spiro atoms. The van der Waals surface area contributed by atoms with Gasteiger partial charge < -0.3 is 10.2 Å². The highest BCUT2D eigenvalue weighted by Crippen LogP contribution is 2.33. The molecule has 0 aliphatic heterocycles. The van der Waals surface area contributed by atoms with Crippen molar-refractivity contribution in [3.63, 3.8) is 0 Å². The van der Waals surface area contributed by atoms with Gasteiger partial charge in [-0.15, -0.1) is 0 Å². The number of nitrogens with one attached hydrogen (secondary N) is 1. The highest BCUT2D eigenvalue weighted by molar-refractivity contribution is 7.92.